The topological polar surface area (TPSA) is 93.1 Å². The van der Waals surface area contributed by atoms with Crippen LogP contribution in [0.2, 0.25) is 0 Å². The van der Waals surface area contributed by atoms with E-state index >= 15 is 0 Å². The Kier molecular flexibility index (Phi) is 7.71. The van der Waals surface area contributed by atoms with Gasteiger partial charge in [-0.1, -0.05) is 55.8 Å². The Morgan fingerprint density at radius 2 is 1.58 bits per heavy atom. The van der Waals surface area contributed by atoms with E-state index in [0.29, 0.717) is 17.7 Å². The first-order chi connectivity index (χ1) is 15.6. The summed E-state index contributed by atoms with van der Waals surface area (Å²) in [7, 11) is -3.37. The van der Waals surface area contributed by atoms with Crippen molar-refractivity contribution in [1.82, 2.24) is 19.8 Å². The van der Waals surface area contributed by atoms with Crippen LogP contribution in [0.1, 0.15) is 66.4 Å². The number of amides is 1. The molecule has 1 amide bonds. The summed E-state index contributed by atoms with van der Waals surface area (Å²) in [6, 6.07) is 15.1. The molecule has 2 N–H and O–H groups in total. The lowest BCUT2D eigenvalue weighted by atomic mass is 10.0. The standard InChI is InChI=1S/C25H32N4O3S/c1-17(2)24-23(15-27-29(24)22-12-6-19(5)7-13-22)25(30)26-14-20-8-10-21(11-9-20)16-33(31,32)28-18(3)4/h6-13,15,17-18,28H,14,16H2,1-5H3,(H,26,30). The maximum atomic E-state index is 12.9. The van der Waals surface area contributed by atoms with Crippen LogP contribution in [0.3, 0.4) is 0 Å². The molecule has 3 rings (SSSR count). The Morgan fingerprint density at radius 3 is 2.15 bits per heavy atom. The van der Waals surface area contributed by atoms with Gasteiger partial charge in [0.25, 0.3) is 5.91 Å². The minimum Gasteiger partial charge on any atom is -0.348 e. The molecular weight excluding hydrogens is 436 g/mol. The van der Waals surface area contributed by atoms with Gasteiger partial charge in [-0.05, 0) is 49.9 Å². The number of aryl methyl sites for hydroxylation is 1. The molecule has 7 nitrogen and oxygen atoms in total. The van der Waals surface area contributed by atoms with Gasteiger partial charge in [0.05, 0.1) is 28.9 Å². The summed E-state index contributed by atoms with van der Waals surface area (Å²) in [5, 5.41) is 7.43. The van der Waals surface area contributed by atoms with Gasteiger partial charge in [-0.25, -0.2) is 17.8 Å². The largest absolute Gasteiger partial charge is 0.348 e. The summed E-state index contributed by atoms with van der Waals surface area (Å²) < 4.78 is 28.6. The number of nitrogens with one attached hydrogen (secondary N) is 2. The van der Waals surface area contributed by atoms with Crippen LogP contribution in [0.4, 0.5) is 0 Å². The number of benzene rings is 2. The first-order valence-electron chi connectivity index (χ1n) is 11.1. The van der Waals surface area contributed by atoms with Gasteiger partial charge in [0.1, 0.15) is 0 Å². The lowest BCUT2D eigenvalue weighted by Gasteiger charge is -2.13. The molecule has 1 heterocycles. The van der Waals surface area contributed by atoms with Gasteiger partial charge in [-0.15, -0.1) is 0 Å². The van der Waals surface area contributed by atoms with E-state index in [4.69, 9.17) is 0 Å². The van der Waals surface area contributed by atoms with Crippen molar-refractivity contribution in [3.8, 4) is 5.69 Å². The fourth-order valence-corrected chi connectivity index (χ4v) is 5.06. The van der Waals surface area contributed by atoms with E-state index in [1.54, 1.807) is 32.2 Å². The van der Waals surface area contributed by atoms with Crippen molar-refractivity contribution in [2.75, 3.05) is 0 Å². The van der Waals surface area contributed by atoms with Crippen LogP contribution in [-0.2, 0) is 22.3 Å². The normalized spacial score (nSPS) is 11.8. The van der Waals surface area contributed by atoms with Gasteiger partial charge in [-0.2, -0.15) is 5.10 Å². The fraction of sp³-hybridized carbons (Fsp3) is 0.360. The monoisotopic (exact) mass is 468 g/mol. The second-order valence-corrected chi connectivity index (χ2v) is 10.6. The van der Waals surface area contributed by atoms with E-state index in [2.05, 4.69) is 15.1 Å². The summed E-state index contributed by atoms with van der Waals surface area (Å²) >= 11 is 0. The van der Waals surface area contributed by atoms with E-state index in [0.717, 1.165) is 22.5 Å². The minimum absolute atomic E-state index is 0.0756. The van der Waals surface area contributed by atoms with Gasteiger partial charge >= 0.3 is 0 Å². The van der Waals surface area contributed by atoms with Crippen molar-refractivity contribution in [2.24, 2.45) is 0 Å². The summed E-state index contributed by atoms with van der Waals surface area (Å²) in [6.45, 7) is 10.0. The highest BCUT2D eigenvalue weighted by Crippen LogP contribution is 2.23. The predicted molar refractivity (Wildman–Crippen MR) is 131 cm³/mol. The van der Waals surface area contributed by atoms with Crippen LogP contribution in [0.25, 0.3) is 5.69 Å². The van der Waals surface area contributed by atoms with Crippen molar-refractivity contribution in [3.05, 3.63) is 82.7 Å². The highest BCUT2D eigenvalue weighted by atomic mass is 32.2. The van der Waals surface area contributed by atoms with E-state index in [1.165, 1.54) is 0 Å². The predicted octanol–water partition coefficient (Wildman–Crippen LogP) is 4.06. The first-order valence-corrected chi connectivity index (χ1v) is 12.7. The molecule has 0 radical (unpaired) electrons. The van der Waals surface area contributed by atoms with Crippen LogP contribution in [0, 0.1) is 6.92 Å². The highest BCUT2D eigenvalue weighted by molar-refractivity contribution is 7.88. The van der Waals surface area contributed by atoms with Gasteiger partial charge in [-0.3, -0.25) is 4.79 Å². The average molecular weight is 469 g/mol. The Labute approximate surface area is 196 Å². The quantitative estimate of drug-likeness (QED) is 0.495. The zero-order valence-corrected chi connectivity index (χ0v) is 20.6. The van der Waals surface area contributed by atoms with Crippen LogP contribution in [-0.4, -0.2) is 30.1 Å². The molecule has 3 aromatic rings. The molecule has 1 aromatic heterocycles. The minimum atomic E-state index is -3.37. The van der Waals surface area contributed by atoms with E-state index in [1.807, 2.05) is 61.9 Å². The lowest BCUT2D eigenvalue weighted by molar-refractivity contribution is 0.0949. The Bertz CT molecular complexity index is 1200. The van der Waals surface area contributed by atoms with Crippen LogP contribution >= 0.6 is 0 Å². The zero-order valence-electron chi connectivity index (χ0n) is 19.8. The lowest BCUT2D eigenvalue weighted by Crippen LogP contribution is -2.31. The molecular formula is C25H32N4O3S. The Morgan fingerprint density at radius 1 is 0.970 bits per heavy atom. The molecule has 0 bridgehead atoms. The number of sulfonamides is 1. The fourth-order valence-electron chi connectivity index (χ4n) is 3.63. The second-order valence-electron chi connectivity index (χ2n) is 8.88. The molecule has 0 fully saturated rings. The number of aromatic nitrogens is 2. The highest BCUT2D eigenvalue weighted by Gasteiger charge is 2.21. The molecule has 0 atom stereocenters. The third-order valence-electron chi connectivity index (χ3n) is 5.12. The van der Waals surface area contributed by atoms with Crippen LogP contribution < -0.4 is 10.0 Å². The Hall–Kier alpha value is -2.97. The van der Waals surface area contributed by atoms with Gasteiger partial charge < -0.3 is 5.32 Å². The van der Waals surface area contributed by atoms with Crippen molar-refractivity contribution < 1.29 is 13.2 Å². The molecule has 0 spiro atoms. The molecule has 0 aliphatic heterocycles. The SMILES string of the molecule is Cc1ccc(-n2ncc(C(=O)NCc3ccc(CS(=O)(=O)NC(C)C)cc3)c2C(C)C)cc1. The van der Waals surface area contributed by atoms with Gasteiger partial charge in [0.15, 0.2) is 0 Å². The number of carbonyl (C=O) groups is 1. The Balaban J connectivity index is 1.69. The molecule has 33 heavy (non-hydrogen) atoms. The number of hydrogen-bond acceptors (Lipinski definition) is 4. The molecule has 0 aliphatic carbocycles. The van der Waals surface area contributed by atoms with E-state index in [9.17, 15) is 13.2 Å². The molecule has 0 unspecified atom stereocenters. The molecule has 8 heteroatoms. The molecule has 0 saturated heterocycles. The van der Waals surface area contributed by atoms with Crippen molar-refractivity contribution in [2.45, 2.75) is 58.9 Å². The molecule has 2 aromatic carbocycles. The molecule has 0 aliphatic rings. The van der Waals surface area contributed by atoms with E-state index < -0.39 is 10.0 Å². The van der Waals surface area contributed by atoms with Crippen LogP contribution in [0.5, 0.6) is 0 Å². The number of carbonyl (C=O) groups excluding carboxylic acids is 1. The maximum absolute atomic E-state index is 12.9. The third kappa shape index (κ3) is 6.52. The number of rotatable bonds is 9. The summed E-state index contributed by atoms with van der Waals surface area (Å²) in [4.78, 5) is 12.9. The first kappa shape index (κ1) is 24.7. The average Bonchev–Trinajstić information content (AvgIpc) is 3.18. The second kappa shape index (κ2) is 10.3. The molecule has 0 saturated carbocycles. The number of nitrogens with zero attached hydrogens (tertiary/aromatic N) is 2. The summed E-state index contributed by atoms with van der Waals surface area (Å²) in [6.07, 6.45) is 1.61. The van der Waals surface area contributed by atoms with Gasteiger partial charge in [0.2, 0.25) is 10.0 Å². The maximum Gasteiger partial charge on any atom is 0.255 e. The van der Waals surface area contributed by atoms with Crippen LogP contribution in [0.15, 0.2) is 54.7 Å². The van der Waals surface area contributed by atoms with Crippen molar-refractivity contribution >= 4 is 15.9 Å². The van der Waals surface area contributed by atoms with Crippen molar-refractivity contribution in [1.29, 1.82) is 0 Å². The summed E-state index contributed by atoms with van der Waals surface area (Å²) in [5.74, 6) is -0.159. The summed E-state index contributed by atoms with van der Waals surface area (Å²) in [5.41, 5.74) is 5.07. The van der Waals surface area contributed by atoms with E-state index in [-0.39, 0.29) is 23.6 Å². The van der Waals surface area contributed by atoms with Crippen molar-refractivity contribution in [3.63, 3.8) is 0 Å². The zero-order chi connectivity index (χ0) is 24.2. The molecule has 176 valence electrons. The smallest absolute Gasteiger partial charge is 0.255 e. The third-order valence-corrected chi connectivity index (χ3v) is 6.67. The number of hydrogen-bond donors (Lipinski definition) is 2. The van der Waals surface area contributed by atoms with Gasteiger partial charge in [0, 0.05) is 12.6 Å².